The van der Waals surface area contributed by atoms with Gasteiger partial charge in [-0.25, -0.2) is 4.79 Å². The van der Waals surface area contributed by atoms with E-state index in [1.807, 2.05) is 31.2 Å². The topological polar surface area (TPSA) is 44.8 Å². The highest BCUT2D eigenvalue weighted by atomic mass is 19.4. The molecule has 1 N–H and O–H groups in total. The van der Waals surface area contributed by atoms with Gasteiger partial charge in [0.25, 0.3) is 0 Å². The van der Waals surface area contributed by atoms with E-state index < -0.39 is 18.1 Å². The minimum absolute atomic E-state index is 0.0169. The smallest absolute Gasteiger partial charge is 0.391 e. The molecule has 1 aliphatic heterocycles. The number of hydrogen-bond acceptors (Lipinski definition) is 3. The van der Waals surface area contributed by atoms with Gasteiger partial charge in [0.2, 0.25) is 0 Å². The van der Waals surface area contributed by atoms with Crippen molar-refractivity contribution >= 4 is 11.7 Å². The molecule has 1 aromatic rings. The van der Waals surface area contributed by atoms with E-state index in [-0.39, 0.29) is 18.9 Å². The second-order valence-corrected chi connectivity index (χ2v) is 7.43. The summed E-state index contributed by atoms with van der Waals surface area (Å²) < 4.78 is 44.6. The number of rotatable bonds is 4. The Morgan fingerprint density at radius 3 is 2.57 bits per heavy atom. The lowest BCUT2D eigenvalue weighted by Gasteiger charge is -2.38. The van der Waals surface area contributed by atoms with Crippen LogP contribution in [0.5, 0.6) is 5.75 Å². The van der Waals surface area contributed by atoms with Gasteiger partial charge in [0.05, 0.1) is 18.2 Å². The molecule has 1 aliphatic carbocycles. The van der Waals surface area contributed by atoms with Gasteiger partial charge in [0, 0.05) is 32.2 Å². The molecule has 28 heavy (non-hydrogen) atoms. The zero-order valence-corrected chi connectivity index (χ0v) is 16.2. The summed E-state index contributed by atoms with van der Waals surface area (Å²) in [4.78, 5) is 16.4. The van der Waals surface area contributed by atoms with E-state index in [1.165, 1.54) is 0 Å². The van der Waals surface area contributed by atoms with Crippen LogP contribution in [-0.4, -0.2) is 55.9 Å². The van der Waals surface area contributed by atoms with E-state index in [9.17, 15) is 18.0 Å². The van der Waals surface area contributed by atoms with Gasteiger partial charge in [-0.2, -0.15) is 13.2 Å². The molecular formula is C20H28F3N3O2. The number of anilines is 1. The fraction of sp³-hybridized carbons (Fsp3) is 0.650. The lowest BCUT2D eigenvalue weighted by Crippen LogP contribution is -2.54. The second-order valence-electron chi connectivity index (χ2n) is 7.43. The number of halogens is 3. The monoisotopic (exact) mass is 399 g/mol. The Kier molecular flexibility index (Phi) is 6.57. The van der Waals surface area contributed by atoms with E-state index in [0.717, 1.165) is 11.4 Å². The van der Waals surface area contributed by atoms with Gasteiger partial charge in [-0.15, -0.1) is 0 Å². The molecule has 2 aliphatic rings. The number of nitrogens with zero attached hydrogens (tertiary/aromatic N) is 2. The van der Waals surface area contributed by atoms with Crippen LogP contribution in [0.1, 0.15) is 32.6 Å². The normalized spacial score (nSPS) is 23.4. The molecule has 1 aromatic carbocycles. The Morgan fingerprint density at radius 1 is 1.18 bits per heavy atom. The molecule has 0 radical (unpaired) electrons. The van der Waals surface area contributed by atoms with Gasteiger partial charge in [0.1, 0.15) is 5.75 Å². The summed E-state index contributed by atoms with van der Waals surface area (Å²) in [6.45, 7) is 4.90. The van der Waals surface area contributed by atoms with E-state index in [2.05, 4.69) is 10.2 Å². The predicted octanol–water partition coefficient (Wildman–Crippen LogP) is 4.04. The lowest BCUT2D eigenvalue weighted by molar-refractivity contribution is -0.183. The van der Waals surface area contributed by atoms with Crippen molar-refractivity contribution in [3.05, 3.63) is 24.3 Å². The Morgan fingerprint density at radius 2 is 1.89 bits per heavy atom. The van der Waals surface area contributed by atoms with Crippen molar-refractivity contribution in [2.75, 3.05) is 37.7 Å². The van der Waals surface area contributed by atoms with Crippen LogP contribution in [0.25, 0.3) is 0 Å². The molecular weight excluding hydrogens is 371 g/mol. The average molecular weight is 399 g/mol. The Bertz CT molecular complexity index is 660. The fourth-order valence-electron chi connectivity index (χ4n) is 4.03. The number of piperazine rings is 1. The van der Waals surface area contributed by atoms with Crippen molar-refractivity contribution in [2.45, 2.75) is 44.8 Å². The number of hydrogen-bond donors (Lipinski definition) is 1. The van der Waals surface area contributed by atoms with Crippen LogP contribution in [-0.2, 0) is 0 Å². The predicted molar refractivity (Wildman–Crippen MR) is 102 cm³/mol. The molecule has 1 saturated heterocycles. The lowest BCUT2D eigenvalue weighted by atomic mass is 9.85. The minimum Gasteiger partial charge on any atom is -0.492 e. The zero-order valence-electron chi connectivity index (χ0n) is 16.2. The number of nitrogens with one attached hydrogen (secondary N) is 1. The highest BCUT2D eigenvalue weighted by Crippen LogP contribution is 2.37. The third-order valence-electron chi connectivity index (χ3n) is 5.54. The van der Waals surface area contributed by atoms with Gasteiger partial charge < -0.3 is 19.9 Å². The molecule has 1 heterocycles. The number of benzene rings is 1. The van der Waals surface area contributed by atoms with Crippen LogP contribution in [0.15, 0.2) is 24.3 Å². The van der Waals surface area contributed by atoms with Crippen LogP contribution >= 0.6 is 0 Å². The minimum atomic E-state index is -4.18. The third kappa shape index (κ3) is 5.02. The van der Waals surface area contributed by atoms with Gasteiger partial charge in [-0.1, -0.05) is 18.6 Å². The van der Waals surface area contributed by atoms with E-state index in [0.29, 0.717) is 45.6 Å². The Labute approximate surface area is 163 Å². The van der Waals surface area contributed by atoms with Crippen molar-refractivity contribution in [3.63, 3.8) is 0 Å². The third-order valence-corrected chi connectivity index (χ3v) is 5.54. The molecule has 0 unspecified atom stereocenters. The molecule has 1 saturated carbocycles. The fourth-order valence-corrected chi connectivity index (χ4v) is 4.03. The number of amides is 2. The molecule has 0 bridgehead atoms. The summed E-state index contributed by atoms with van der Waals surface area (Å²) in [6.07, 6.45) is -2.93. The van der Waals surface area contributed by atoms with Crippen LogP contribution < -0.4 is 15.0 Å². The maximum absolute atomic E-state index is 13.0. The van der Waals surface area contributed by atoms with Gasteiger partial charge >= 0.3 is 12.2 Å². The summed E-state index contributed by atoms with van der Waals surface area (Å²) in [5.74, 6) is -0.484. The maximum atomic E-state index is 13.0. The maximum Gasteiger partial charge on any atom is 0.391 e. The summed E-state index contributed by atoms with van der Waals surface area (Å²) in [5.41, 5.74) is 1.00. The molecule has 2 fully saturated rings. The van der Waals surface area contributed by atoms with Crippen molar-refractivity contribution in [1.82, 2.24) is 10.2 Å². The molecule has 156 valence electrons. The first-order chi connectivity index (χ1) is 13.4. The van der Waals surface area contributed by atoms with Crippen molar-refractivity contribution in [2.24, 2.45) is 5.92 Å². The van der Waals surface area contributed by atoms with Gasteiger partial charge in [-0.05, 0) is 38.3 Å². The molecule has 2 atom stereocenters. The van der Waals surface area contributed by atoms with Crippen LogP contribution in [0.3, 0.4) is 0 Å². The van der Waals surface area contributed by atoms with E-state index in [4.69, 9.17) is 4.74 Å². The summed E-state index contributed by atoms with van der Waals surface area (Å²) >= 11 is 0. The van der Waals surface area contributed by atoms with E-state index in [1.54, 1.807) is 4.90 Å². The molecule has 2 amide bonds. The summed E-state index contributed by atoms with van der Waals surface area (Å²) in [7, 11) is 0. The summed E-state index contributed by atoms with van der Waals surface area (Å²) in [5, 5.41) is 2.82. The first kappa shape index (κ1) is 20.6. The number of carbonyl (C=O) groups excluding carboxylic acids is 1. The molecule has 5 nitrogen and oxygen atoms in total. The number of ether oxygens (including phenoxy) is 1. The Hall–Kier alpha value is -2.12. The van der Waals surface area contributed by atoms with Crippen molar-refractivity contribution in [3.8, 4) is 5.75 Å². The second kappa shape index (κ2) is 8.92. The highest BCUT2D eigenvalue weighted by Gasteiger charge is 2.42. The van der Waals surface area contributed by atoms with Crippen LogP contribution in [0.2, 0.25) is 0 Å². The van der Waals surface area contributed by atoms with Crippen LogP contribution in [0.4, 0.5) is 23.7 Å². The molecule has 8 heteroatoms. The first-order valence-electron chi connectivity index (χ1n) is 9.97. The molecule has 0 aromatic heterocycles. The summed E-state index contributed by atoms with van der Waals surface area (Å²) in [6, 6.07) is 7.15. The van der Waals surface area contributed by atoms with Crippen LogP contribution in [0, 0.1) is 5.92 Å². The standard InChI is InChI=1S/C20H28F3N3O2/c1-2-28-18-9-4-3-8-17(18)25-10-12-26(13-11-25)19(27)24-16-7-5-6-15(14-16)20(21,22)23/h3-4,8-9,15-16H,2,5-7,10-14H2,1H3,(H,24,27)/t15-,16+/m0/s1. The number of alkyl halides is 3. The largest absolute Gasteiger partial charge is 0.492 e. The first-order valence-corrected chi connectivity index (χ1v) is 9.97. The zero-order chi connectivity index (χ0) is 20.1. The van der Waals surface area contributed by atoms with Crippen molar-refractivity contribution < 1.29 is 22.7 Å². The number of carbonyl (C=O) groups is 1. The Balaban J connectivity index is 1.52. The average Bonchev–Trinajstić information content (AvgIpc) is 2.68. The quantitative estimate of drug-likeness (QED) is 0.831. The molecule has 0 spiro atoms. The molecule has 3 rings (SSSR count). The number of urea groups is 1. The number of para-hydroxylation sites is 2. The highest BCUT2D eigenvalue weighted by molar-refractivity contribution is 5.75. The van der Waals surface area contributed by atoms with Gasteiger partial charge in [-0.3, -0.25) is 0 Å². The van der Waals surface area contributed by atoms with Crippen molar-refractivity contribution in [1.29, 1.82) is 0 Å². The van der Waals surface area contributed by atoms with E-state index >= 15 is 0 Å². The van der Waals surface area contributed by atoms with Gasteiger partial charge in [0.15, 0.2) is 0 Å². The SMILES string of the molecule is CCOc1ccccc1N1CCN(C(=O)N[C@@H]2CCC[C@H](C(F)(F)F)C2)CC1.